The lowest BCUT2D eigenvalue weighted by molar-refractivity contribution is 1.04. The van der Waals surface area contributed by atoms with Crippen molar-refractivity contribution in [2.45, 2.75) is 6.92 Å². The summed E-state index contributed by atoms with van der Waals surface area (Å²) in [4.78, 5) is 7.15. The molecule has 72 valence electrons. The molecule has 0 saturated heterocycles. The third kappa shape index (κ3) is 1.60. The molecule has 0 atom stereocenters. The summed E-state index contributed by atoms with van der Waals surface area (Å²) >= 11 is 0. The number of imidazole rings is 1. The van der Waals surface area contributed by atoms with E-state index in [-0.39, 0.29) is 0 Å². The first-order valence-electron chi connectivity index (χ1n) is 4.39. The van der Waals surface area contributed by atoms with E-state index in [2.05, 4.69) is 9.97 Å². The summed E-state index contributed by atoms with van der Waals surface area (Å²) in [5.41, 5.74) is 0.927. The second kappa shape index (κ2) is 3.51. The zero-order valence-electron chi connectivity index (χ0n) is 7.94. The standard InChI is InChI=1S/C10H12N4/c1-8-12-7-10(13-8)14(11)9-5-3-2-4-6-9/h2-7H,11H2,1H3,(H,12,13). The quantitative estimate of drug-likeness (QED) is 0.557. The van der Waals surface area contributed by atoms with E-state index in [1.54, 1.807) is 11.2 Å². The molecular formula is C10H12N4. The van der Waals surface area contributed by atoms with Crippen LogP contribution in [0.5, 0.6) is 0 Å². The number of nitrogens with one attached hydrogen (secondary N) is 1. The smallest absolute Gasteiger partial charge is 0.145 e. The molecule has 0 aliphatic carbocycles. The van der Waals surface area contributed by atoms with Crippen LogP contribution in [0.25, 0.3) is 0 Å². The molecule has 2 rings (SSSR count). The van der Waals surface area contributed by atoms with Crippen LogP contribution in [0, 0.1) is 6.92 Å². The number of anilines is 2. The van der Waals surface area contributed by atoms with Crippen LogP contribution in [0.2, 0.25) is 0 Å². The molecule has 3 N–H and O–H groups in total. The number of nitrogens with two attached hydrogens (primary N) is 1. The zero-order valence-corrected chi connectivity index (χ0v) is 7.94. The van der Waals surface area contributed by atoms with E-state index in [4.69, 9.17) is 5.84 Å². The predicted molar refractivity (Wildman–Crippen MR) is 56.1 cm³/mol. The molecule has 4 nitrogen and oxygen atoms in total. The Morgan fingerprint density at radius 3 is 2.57 bits per heavy atom. The van der Waals surface area contributed by atoms with Crippen LogP contribution in [0.1, 0.15) is 5.82 Å². The Morgan fingerprint density at radius 2 is 2.00 bits per heavy atom. The van der Waals surface area contributed by atoms with Crippen molar-refractivity contribution in [2.24, 2.45) is 5.84 Å². The van der Waals surface area contributed by atoms with E-state index < -0.39 is 0 Å². The molecule has 0 bridgehead atoms. The van der Waals surface area contributed by atoms with Gasteiger partial charge in [0.05, 0.1) is 11.9 Å². The highest BCUT2D eigenvalue weighted by atomic mass is 15.4. The molecule has 0 amide bonds. The monoisotopic (exact) mass is 188 g/mol. The maximum atomic E-state index is 5.89. The minimum Gasteiger partial charge on any atom is -0.328 e. The summed E-state index contributed by atoms with van der Waals surface area (Å²) in [5.74, 6) is 7.53. The largest absolute Gasteiger partial charge is 0.328 e. The van der Waals surface area contributed by atoms with E-state index in [1.165, 1.54) is 0 Å². The van der Waals surface area contributed by atoms with Gasteiger partial charge in [0.25, 0.3) is 0 Å². The van der Waals surface area contributed by atoms with E-state index in [1.807, 2.05) is 37.3 Å². The Balaban J connectivity index is 2.29. The summed E-state index contributed by atoms with van der Waals surface area (Å²) < 4.78 is 0. The van der Waals surface area contributed by atoms with Crippen molar-refractivity contribution in [1.82, 2.24) is 9.97 Å². The summed E-state index contributed by atoms with van der Waals surface area (Å²) in [5, 5.41) is 1.57. The normalized spacial score (nSPS) is 10.1. The van der Waals surface area contributed by atoms with Crippen LogP contribution in [0.4, 0.5) is 11.5 Å². The van der Waals surface area contributed by atoms with Crippen LogP contribution >= 0.6 is 0 Å². The van der Waals surface area contributed by atoms with Crippen LogP contribution in [-0.4, -0.2) is 9.97 Å². The molecule has 0 spiro atoms. The molecule has 0 saturated carbocycles. The average molecular weight is 188 g/mol. The molecule has 0 aliphatic rings. The Hall–Kier alpha value is -1.81. The number of hydrogen-bond acceptors (Lipinski definition) is 3. The SMILES string of the molecule is Cc1ncc(N(N)c2ccccc2)[nH]1. The van der Waals surface area contributed by atoms with Crippen LogP contribution in [0.15, 0.2) is 36.5 Å². The first-order chi connectivity index (χ1) is 6.77. The molecule has 1 aromatic heterocycles. The maximum absolute atomic E-state index is 5.89. The van der Waals surface area contributed by atoms with Gasteiger partial charge in [-0.15, -0.1) is 0 Å². The average Bonchev–Trinajstić information content (AvgIpc) is 2.65. The zero-order chi connectivity index (χ0) is 9.97. The van der Waals surface area contributed by atoms with Gasteiger partial charge in [0.2, 0.25) is 0 Å². The summed E-state index contributed by atoms with van der Waals surface area (Å²) in [6.07, 6.45) is 1.71. The second-order valence-electron chi connectivity index (χ2n) is 3.06. The van der Waals surface area contributed by atoms with Crippen molar-refractivity contribution in [1.29, 1.82) is 0 Å². The minimum absolute atomic E-state index is 0.786. The van der Waals surface area contributed by atoms with Crippen LogP contribution in [-0.2, 0) is 0 Å². The first-order valence-corrected chi connectivity index (χ1v) is 4.39. The molecule has 4 heteroatoms. The van der Waals surface area contributed by atoms with Gasteiger partial charge < -0.3 is 4.98 Å². The van der Waals surface area contributed by atoms with Crippen LogP contribution < -0.4 is 10.9 Å². The molecule has 1 heterocycles. The molecule has 0 unspecified atom stereocenters. The number of aromatic nitrogens is 2. The summed E-state index contributed by atoms with van der Waals surface area (Å²) in [6, 6.07) is 9.72. The van der Waals surface area contributed by atoms with E-state index >= 15 is 0 Å². The van der Waals surface area contributed by atoms with Gasteiger partial charge in [0.1, 0.15) is 11.6 Å². The molecule has 1 aromatic carbocycles. The molecule has 14 heavy (non-hydrogen) atoms. The lowest BCUT2D eigenvalue weighted by Crippen LogP contribution is -2.25. The number of rotatable bonds is 2. The highest BCUT2D eigenvalue weighted by Crippen LogP contribution is 2.18. The fourth-order valence-corrected chi connectivity index (χ4v) is 1.26. The van der Waals surface area contributed by atoms with E-state index in [0.717, 1.165) is 17.3 Å². The number of hydrogen-bond donors (Lipinski definition) is 2. The third-order valence-electron chi connectivity index (χ3n) is 1.98. The highest BCUT2D eigenvalue weighted by Gasteiger charge is 2.05. The molecule has 0 aliphatic heterocycles. The highest BCUT2D eigenvalue weighted by molar-refractivity contribution is 5.57. The number of hydrazine groups is 1. The second-order valence-corrected chi connectivity index (χ2v) is 3.06. The van der Waals surface area contributed by atoms with Gasteiger partial charge in [-0.25, -0.2) is 10.8 Å². The Morgan fingerprint density at radius 1 is 1.29 bits per heavy atom. The number of aryl methyl sites for hydroxylation is 1. The third-order valence-corrected chi connectivity index (χ3v) is 1.98. The molecule has 0 fully saturated rings. The fourth-order valence-electron chi connectivity index (χ4n) is 1.26. The topological polar surface area (TPSA) is 57.9 Å². The number of aromatic amines is 1. The summed E-state index contributed by atoms with van der Waals surface area (Å²) in [7, 11) is 0. The van der Waals surface area contributed by atoms with Gasteiger partial charge >= 0.3 is 0 Å². The fraction of sp³-hybridized carbons (Fsp3) is 0.100. The summed E-state index contributed by atoms with van der Waals surface area (Å²) in [6.45, 7) is 1.89. The lowest BCUT2D eigenvalue weighted by Gasteiger charge is -2.15. The van der Waals surface area contributed by atoms with E-state index in [0.29, 0.717) is 0 Å². The molecular weight excluding hydrogens is 176 g/mol. The Kier molecular flexibility index (Phi) is 2.20. The number of nitrogens with zero attached hydrogens (tertiary/aromatic N) is 2. The van der Waals surface area contributed by atoms with Gasteiger partial charge in [0, 0.05) is 0 Å². The Bertz CT molecular complexity index is 407. The van der Waals surface area contributed by atoms with Crippen molar-refractivity contribution < 1.29 is 0 Å². The van der Waals surface area contributed by atoms with Crippen molar-refractivity contribution >= 4 is 11.5 Å². The van der Waals surface area contributed by atoms with Gasteiger partial charge in [-0.3, -0.25) is 5.01 Å². The van der Waals surface area contributed by atoms with Gasteiger partial charge in [-0.1, -0.05) is 18.2 Å². The lowest BCUT2D eigenvalue weighted by atomic mass is 10.3. The van der Waals surface area contributed by atoms with Gasteiger partial charge in [0.15, 0.2) is 0 Å². The molecule has 2 aromatic rings. The van der Waals surface area contributed by atoms with Gasteiger partial charge in [-0.2, -0.15) is 0 Å². The van der Waals surface area contributed by atoms with Crippen LogP contribution in [0.3, 0.4) is 0 Å². The van der Waals surface area contributed by atoms with Crippen molar-refractivity contribution in [3.8, 4) is 0 Å². The minimum atomic E-state index is 0.786. The first kappa shape index (κ1) is 8.77. The van der Waals surface area contributed by atoms with Crippen molar-refractivity contribution in [2.75, 3.05) is 5.01 Å². The van der Waals surface area contributed by atoms with Crippen molar-refractivity contribution in [3.63, 3.8) is 0 Å². The van der Waals surface area contributed by atoms with Crippen molar-refractivity contribution in [3.05, 3.63) is 42.4 Å². The Labute approximate surface area is 82.4 Å². The number of H-pyrrole nitrogens is 1. The van der Waals surface area contributed by atoms with Gasteiger partial charge in [-0.05, 0) is 19.1 Å². The number of benzene rings is 1. The molecule has 0 radical (unpaired) electrons. The number of para-hydroxylation sites is 1. The van der Waals surface area contributed by atoms with E-state index in [9.17, 15) is 0 Å². The maximum Gasteiger partial charge on any atom is 0.145 e. The predicted octanol–water partition coefficient (Wildman–Crippen LogP) is 1.73.